The molecule has 2 heterocycles. The zero-order chi connectivity index (χ0) is 9.26. The first-order valence-corrected chi connectivity index (χ1v) is 4.30. The quantitative estimate of drug-likeness (QED) is 0.726. The molecule has 2 aromatic rings. The van der Waals surface area contributed by atoms with Crippen LogP contribution in [0.15, 0.2) is 18.6 Å². The van der Waals surface area contributed by atoms with Gasteiger partial charge in [0.25, 0.3) is 0 Å². The molecule has 0 fully saturated rings. The van der Waals surface area contributed by atoms with Gasteiger partial charge >= 0.3 is 0 Å². The van der Waals surface area contributed by atoms with Crippen molar-refractivity contribution >= 4 is 5.65 Å². The van der Waals surface area contributed by atoms with Crippen LogP contribution in [0.3, 0.4) is 0 Å². The van der Waals surface area contributed by atoms with Crippen LogP contribution in [0, 0.1) is 6.92 Å². The van der Waals surface area contributed by atoms with Crippen molar-refractivity contribution < 1.29 is 0 Å². The van der Waals surface area contributed by atoms with Crippen LogP contribution in [-0.2, 0) is 6.42 Å². The molecule has 0 aliphatic rings. The minimum absolute atomic E-state index is 0.610. The highest BCUT2D eigenvalue weighted by Gasteiger charge is 2.03. The predicted octanol–water partition coefficient (Wildman–Crippen LogP) is 0.539. The molecule has 0 aliphatic heterocycles. The fraction of sp³-hybridized carbons (Fsp3) is 0.333. The molecule has 0 amide bonds. The highest BCUT2D eigenvalue weighted by molar-refractivity contribution is 5.44. The molecular weight excluding hydrogens is 164 g/mol. The third-order valence-corrected chi connectivity index (χ3v) is 1.95. The monoisotopic (exact) mass is 176 g/mol. The lowest BCUT2D eigenvalue weighted by Crippen LogP contribution is -2.06. The topological polar surface area (TPSA) is 56.2 Å². The minimum Gasteiger partial charge on any atom is -0.330 e. The Morgan fingerprint density at radius 3 is 3.15 bits per heavy atom. The zero-order valence-corrected chi connectivity index (χ0v) is 7.57. The Morgan fingerprint density at radius 2 is 2.38 bits per heavy atom. The summed E-state index contributed by atoms with van der Waals surface area (Å²) in [5, 5.41) is 0. The van der Waals surface area contributed by atoms with Gasteiger partial charge in [0.15, 0.2) is 5.65 Å². The van der Waals surface area contributed by atoms with E-state index < -0.39 is 0 Å². The standard InChI is InChI=1S/C9H12N4/c1-7-6-13-5-4-11-8(2-3-10)9(13)12-7/h4-6H,2-3,10H2,1H3. The van der Waals surface area contributed by atoms with Crippen molar-refractivity contribution in [2.24, 2.45) is 5.73 Å². The first-order chi connectivity index (χ1) is 6.31. The van der Waals surface area contributed by atoms with E-state index in [4.69, 9.17) is 5.73 Å². The van der Waals surface area contributed by atoms with Crippen LogP contribution in [0.1, 0.15) is 11.4 Å². The summed E-state index contributed by atoms with van der Waals surface area (Å²) in [6.07, 6.45) is 6.44. The lowest BCUT2D eigenvalue weighted by Gasteiger charge is -1.98. The first kappa shape index (κ1) is 8.19. The van der Waals surface area contributed by atoms with E-state index in [1.54, 1.807) is 6.20 Å². The zero-order valence-electron chi connectivity index (χ0n) is 7.57. The van der Waals surface area contributed by atoms with Crippen molar-refractivity contribution in [1.82, 2.24) is 14.4 Å². The Labute approximate surface area is 76.4 Å². The Hall–Kier alpha value is -1.42. The normalized spacial score (nSPS) is 10.9. The summed E-state index contributed by atoms with van der Waals surface area (Å²) >= 11 is 0. The molecule has 0 aliphatic carbocycles. The molecule has 0 spiro atoms. The smallest absolute Gasteiger partial charge is 0.158 e. The highest BCUT2D eigenvalue weighted by atomic mass is 15.0. The molecule has 0 atom stereocenters. The van der Waals surface area contributed by atoms with Crippen LogP contribution in [0.4, 0.5) is 0 Å². The van der Waals surface area contributed by atoms with E-state index in [1.807, 2.05) is 23.7 Å². The summed E-state index contributed by atoms with van der Waals surface area (Å²) in [6.45, 7) is 2.58. The average molecular weight is 176 g/mol. The van der Waals surface area contributed by atoms with E-state index in [2.05, 4.69) is 9.97 Å². The molecule has 2 aromatic heterocycles. The van der Waals surface area contributed by atoms with Crippen molar-refractivity contribution in [2.75, 3.05) is 6.54 Å². The molecule has 0 saturated heterocycles. The van der Waals surface area contributed by atoms with E-state index in [1.165, 1.54) is 0 Å². The number of nitrogens with two attached hydrogens (primary N) is 1. The van der Waals surface area contributed by atoms with E-state index in [0.717, 1.165) is 23.5 Å². The minimum atomic E-state index is 0.610. The van der Waals surface area contributed by atoms with E-state index in [9.17, 15) is 0 Å². The maximum atomic E-state index is 5.48. The summed E-state index contributed by atoms with van der Waals surface area (Å²) in [6, 6.07) is 0. The molecular formula is C9H12N4. The Morgan fingerprint density at radius 1 is 1.54 bits per heavy atom. The summed E-state index contributed by atoms with van der Waals surface area (Å²) in [7, 11) is 0. The van der Waals surface area contributed by atoms with Crippen LogP contribution < -0.4 is 5.73 Å². The second kappa shape index (κ2) is 3.14. The van der Waals surface area contributed by atoms with Crippen LogP contribution in [0.5, 0.6) is 0 Å². The number of hydrogen-bond donors (Lipinski definition) is 1. The van der Waals surface area contributed by atoms with Crippen LogP contribution >= 0.6 is 0 Å². The molecule has 4 heteroatoms. The Balaban J connectivity index is 2.60. The van der Waals surface area contributed by atoms with Gasteiger partial charge in [0.1, 0.15) is 0 Å². The largest absolute Gasteiger partial charge is 0.330 e. The molecule has 13 heavy (non-hydrogen) atoms. The van der Waals surface area contributed by atoms with Gasteiger partial charge in [-0.05, 0) is 13.5 Å². The summed E-state index contributed by atoms with van der Waals surface area (Å²) < 4.78 is 1.98. The number of aryl methyl sites for hydroxylation is 1. The summed E-state index contributed by atoms with van der Waals surface area (Å²) in [5.74, 6) is 0. The molecule has 0 unspecified atom stereocenters. The number of fused-ring (bicyclic) bond motifs is 1. The molecule has 2 N–H and O–H groups in total. The van der Waals surface area contributed by atoms with Crippen molar-refractivity contribution in [3.8, 4) is 0 Å². The summed E-state index contributed by atoms with van der Waals surface area (Å²) in [4.78, 5) is 8.62. The van der Waals surface area contributed by atoms with Gasteiger partial charge in [-0.2, -0.15) is 0 Å². The van der Waals surface area contributed by atoms with E-state index >= 15 is 0 Å². The van der Waals surface area contributed by atoms with Gasteiger partial charge in [-0.25, -0.2) is 4.98 Å². The first-order valence-electron chi connectivity index (χ1n) is 4.30. The molecule has 0 aromatic carbocycles. The van der Waals surface area contributed by atoms with Gasteiger partial charge in [0, 0.05) is 25.0 Å². The molecule has 0 saturated carbocycles. The van der Waals surface area contributed by atoms with Gasteiger partial charge in [0.05, 0.1) is 11.4 Å². The van der Waals surface area contributed by atoms with Gasteiger partial charge in [-0.15, -0.1) is 0 Å². The van der Waals surface area contributed by atoms with Gasteiger partial charge in [-0.3, -0.25) is 4.98 Å². The van der Waals surface area contributed by atoms with Crippen LogP contribution in [0.25, 0.3) is 5.65 Å². The van der Waals surface area contributed by atoms with Gasteiger partial charge in [-0.1, -0.05) is 0 Å². The number of hydrogen-bond acceptors (Lipinski definition) is 3. The molecule has 68 valence electrons. The second-order valence-electron chi connectivity index (χ2n) is 3.03. The van der Waals surface area contributed by atoms with Gasteiger partial charge < -0.3 is 10.1 Å². The van der Waals surface area contributed by atoms with Crippen molar-refractivity contribution in [1.29, 1.82) is 0 Å². The van der Waals surface area contributed by atoms with Crippen LogP contribution in [0.2, 0.25) is 0 Å². The lowest BCUT2D eigenvalue weighted by atomic mass is 10.3. The number of nitrogens with zero attached hydrogens (tertiary/aromatic N) is 3. The van der Waals surface area contributed by atoms with E-state index in [-0.39, 0.29) is 0 Å². The van der Waals surface area contributed by atoms with Gasteiger partial charge in [0.2, 0.25) is 0 Å². The molecule has 4 nitrogen and oxygen atoms in total. The van der Waals surface area contributed by atoms with Crippen LogP contribution in [-0.4, -0.2) is 20.9 Å². The Kier molecular flexibility index (Phi) is 1.98. The van der Waals surface area contributed by atoms with E-state index in [0.29, 0.717) is 6.54 Å². The SMILES string of the molecule is Cc1cn2ccnc(CCN)c2n1. The van der Waals surface area contributed by atoms with Crippen molar-refractivity contribution in [3.05, 3.63) is 30.0 Å². The predicted molar refractivity (Wildman–Crippen MR) is 50.5 cm³/mol. The maximum absolute atomic E-state index is 5.48. The average Bonchev–Trinajstić information content (AvgIpc) is 2.47. The number of aromatic nitrogens is 3. The fourth-order valence-corrected chi connectivity index (χ4v) is 1.41. The molecule has 0 radical (unpaired) electrons. The molecule has 0 bridgehead atoms. The number of rotatable bonds is 2. The Bertz CT molecular complexity index is 418. The maximum Gasteiger partial charge on any atom is 0.158 e. The lowest BCUT2D eigenvalue weighted by molar-refractivity contribution is 0.910. The fourth-order valence-electron chi connectivity index (χ4n) is 1.41. The third-order valence-electron chi connectivity index (χ3n) is 1.95. The summed E-state index contributed by atoms with van der Waals surface area (Å²) in [5.41, 5.74) is 8.38. The van der Waals surface area contributed by atoms with Crippen molar-refractivity contribution in [2.45, 2.75) is 13.3 Å². The van der Waals surface area contributed by atoms with Crippen molar-refractivity contribution in [3.63, 3.8) is 0 Å². The third kappa shape index (κ3) is 1.40. The number of imidazole rings is 1. The second-order valence-corrected chi connectivity index (χ2v) is 3.03. The highest BCUT2D eigenvalue weighted by Crippen LogP contribution is 2.07. The molecule has 2 rings (SSSR count).